The van der Waals surface area contributed by atoms with Crippen LogP contribution in [0.15, 0.2) is 48.5 Å². The zero-order valence-corrected chi connectivity index (χ0v) is 16.2. The summed E-state index contributed by atoms with van der Waals surface area (Å²) in [5.74, 6) is -4.91. The number of benzene rings is 2. The quantitative estimate of drug-likeness (QED) is 0.594. The zero-order valence-electron chi connectivity index (χ0n) is 13.0. The minimum Gasteiger partial charge on any atom is -0.478 e. The van der Waals surface area contributed by atoms with Gasteiger partial charge in [-0.05, 0) is 24.3 Å². The van der Waals surface area contributed by atoms with Crippen LogP contribution in [-0.4, -0.2) is 95.7 Å². The van der Waals surface area contributed by atoms with Gasteiger partial charge in [-0.15, -0.1) is 0 Å². The van der Waals surface area contributed by atoms with Crippen molar-refractivity contribution in [3.8, 4) is 0 Å². The summed E-state index contributed by atoms with van der Waals surface area (Å²) in [5, 5.41) is 34.2. The van der Waals surface area contributed by atoms with Crippen LogP contribution in [0.1, 0.15) is 41.4 Å². The summed E-state index contributed by atoms with van der Waals surface area (Å²) in [4.78, 5) is 41.9. The van der Waals surface area contributed by atoms with E-state index >= 15 is 0 Å². The Morgan fingerprint density at radius 1 is 0.480 bits per heavy atom. The van der Waals surface area contributed by atoms with Crippen molar-refractivity contribution in [2.45, 2.75) is 0 Å². The van der Waals surface area contributed by atoms with E-state index in [1.54, 1.807) is 0 Å². The number of hydrogen-bond donors (Lipinski definition) is 4. The predicted molar refractivity (Wildman–Crippen MR) is 86.5 cm³/mol. The number of hydrogen-bond acceptors (Lipinski definition) is 4. The van der Waals surface area contributed by atoms with Crippen LogP contribution >= 0.6 is 0 Å². The molecule has 4 N–H and O–H groups in total. The van der Waals surface area contributed by atoms with Gasteiger partial charge in [-0.25, -0.2) is 19.2 Å². The van der Waals surface area contributed by atoms with Gasteiger partial charge in [-0.2, -0.15) is 0 Å². The van der Waals surface area contributed by atoms with Gasteiger partial charge in [0.1, 0.15) is 0 Å². The average Bonchev–Trinajstić information content (AvgIpc) is 2.55. The molecule has 0 saturated heterocycles. The molecule has 0 saturated carbocycles. The summed E-state index contributed by atoms with van der Waals surface area (Å²) in [6, 6.07) is 11.0. The molecule has 8 nitrogen and oxygen atoms in total. The minimum absolute atomic E-state index is 0. The number of rotatable bonds is 4. The second kappa shape index (κ2) is 10.7. The van der Waals surface area contributed by atoms with Gasteiger partial charge in [0.05, 0.1) is 22.3 Å². The van der Waals surface area contributed by atoms with Crippen molar-refractivity contribution >= 4 is 75.3 Å². The van der Waals surface area contributed by atoms with Crippen LogP contribution in [0.2, 0.25) is 0 Å². The Bertz CT molecular complexity index is 667. The first-order valence-corrected chi connectivity index (χ1v) is 6.37. The van der Waals surface area contributed by atoms with Crippen LogP contribution in [0.3, 0.4) is 0 Å². The molecule has 9 heteroatoms. The molecule has 0 aliphatic carbocycles. The van der Waals surface area contributed by atoms with Crippen LogP contribution in [0.4, 0.5) is 0 Å². The van der Waals surface area contributed by atoms with E-state index in [0.717, 1.165) is 0 Å². The molecular formula is C16H12KO8. The van der Waals surface area contributed by atoms with E-state index in [0.29, 0.717) is 0 Å². The Balaban J connectivity index is 0.000000443. The standard InChI is InChI=1S/2C8H6O4.K/c2*9-7(10)5-3-1-2-4-6(5)8(11)12;/h2*1-4H,(H,9,10)(H,11,12);. The third-order valence-corrected chi connectivity index (χ3v) is 2.78. The minimum atomic E-state index is -1.23. The second-order valence-corrected chi connectivity index (χ2v) is 4.31. The molecule has 0 unspecified atom stereocenters. The van der Waals surface area contributed by atoms with Gasteiger partial charge < -0.3 is 20.4 Å². The van der Waals surface area contributed by atoms with Crippen molar-refractivity contribution < 1.29 is 39.6 Å². The molecule has 0 amide bonds. The molecule has 0 fully saturated rings. The van der Waals surface area contributed by atoms with Gasteiger partial charge in [0.2, 0.25) is 0 Å². The van der Waals surface area contributed by atoms with Crippen LogP contribution < -0.4 is 0 Å². The summed E-state index contributed by atoms with van der Waals surface area (Å²) >= 11 is 0. The van der Waals surface area contributed by atoms with Crippen molar-refractivity contribution in [3.63, 3.8) is 0 Å². The molecule has 0 aliphatic rings. The molecule has 125 valence electrons. The molecule has 2 aromatic rings. The number of carboxylic acids is 4. The molecule has 25 heavy (non-hydrogen) atoms. The molecule has 0 atom stereocenters. The maximum Gasteiger partial charge on any atom is 0.336 e. The normalized spacial score (nSPS) is 8.96. The molecule has 2 aromatic carbocycles. The fourth-order valence-electron chi connectivity index (χ4n) is 1.71. The van der Waals surface area contributed by atoms with Gasteiger partial charge in [0.15, 0.2) is 0 Å². The molecule has 0 aliphatic heterocycles. The SMILES string of the molecule is O=C(O)c1ccccc1C(=O)O.O=C(O)c1ccccc1C(=O)O.[K]. The van der Waals surface area contributed by atoms with E-state index in [1.165, 1.54) is 48.5 Å². The van der Waals surface area contributed by atoms with Crippen molar-refractivity contribution in [1.29, 1.82) is 0 Å². The monoisotopic (exact) mass is 371 g/mol. The average molecular weight is 371 g/mol. The van der Waals surface area contributed by atoms with Gasteiger partial charge >= 0.3 is 23.9 Å². The van der Waals surface area contributed by atoms with Crippen molar-refractivity contribution in [2.75, 3.05) is 0 Å². The van der Waals surface area contributed by atoms with Crippen LogP contribution in [0, 0.1) is 0 Å². The Morgan fingerprint density at radius 2 is 0.640 bits per heavy atom. The first kappa shape index (κ1) is 23.0. The second-order valence-electron chi connectivity index (χ2n) is 4.31. The largest absolute Gasteiger partial charge is 0.478 e. The molecule has 0 aromatic heterocycles. The Labute approximate surface area is 184 Å². The van der Waals surface area contributed by atoms with E-state index < -0.39 is 23.9 Å². The Hall–Kier alpha value is -2.04. The molecule has 2 rings (SSSR count). The van der Waals surface area contributed by atoms with Crippen molar-refractivity contribution in [2.24, 2.45) is 0 Å². The Morgan fingerprint density at radius 3 is 0.760 bits per heavy atom. The van der Waals surface area contributed by atoms with Crippen LogP contribution in [-0.2, 0) is 0 Å². The van der Waals surface area contributed by atoms with Gasteiger partial charge in [-0.1, -0.05) is 24.3 Å². The summed E-state index contributed by atoms with van der Waals surface area (Å²) in [6.45, 7) is 0. The Kier molecular flexibility index (Phi) is 9.87. The molecule has 1 radical (unpaired) electrons. The van der Waals surface area contributed by atoms with Crippen LogP contribution in [0.25, 0.3) is 0 Å². The number of carboxylic acid groups (broad SMARTS) is 4. The zero-order chi connectivity index (χ0) is 18.3. The van der Waals surface area contributed by atoms with E-state index in [2.05, 4.69) is 0 Å². The van der Waals surface area contributed by atoms with E-state index in [-0.39, 0.29) is 73.6 Å². The van der Waals surface area contributed by atoms with Crippen molar-refractivity contribution in [3.05, 3.63) is 70.8 Å². The maximum atomic E-state index is 10.5. The predicted octanol–water partition coefficient (Wildman–Crippen LogP) is 1.79. The van der Waals surface area contributed by atoms with Gasteiger partial charge in [-0.3, -0.25) is 0 Å². The summed E-state index contributed by atoms with van der Waals surface area (Å²) in [7, 11) is 0. The van der Waals surface area contributed by atoms with Crippen LogP contribution in [0.5, 0.6) is 0 Å². The van der Waals surface area contributed by atoms with E-state index in [1.807, 2.05) is 0 Å². The fraction of sp³-hybridized carbons (Fsp3) is 0. The van der Waals surface area contributed by atoms with Crippen molar-refractivity contribution in [1.82, 2.24) is 0 Å². The fourth-order valence-corrected chi connectivity index (χ4v) is 1.71. The molecular weight excluding hydrogens is 359 g/mol. The summed E-state index contributed by atoms with van der Waals surface area (Å²) in [5.41, 5.74) is -0.759. The third kappa shape index (κ3) is 6.76. The van der Waals surface area contributed by atoms with E-state index in [4.69, 9.17) is 20.4 Å². The van der Waals surface area contributed by atoms with Gasteiger partial charge in [0.25, 0.3) is 0 Å². The molecule has 0 bridgehead atoms. The van der Waals surface area contributed by atoms with E-state index in [9.17, 15) is 19.2 Å². The first-order chi connectivity index (χ1) is 11.3. The molecule has 0 heterocycles. The maximum absolute atomic E-state index is 10.5. The topological polar surface area (TPSA) is 149 Å². The smallest absolute Gasteiger partial charge is 0.336 e. The summed E-state index contributed by atoms with van der Waals surface area (Å²) < 4.78 is 0. The number of aromatic carboxylic acids is 4. The summed E-state index contributed by atoms with van der Waals surface area (Å²) in [6.07, 6.45) is 0. The van der Waals surface area contributed by atoms with Gasteiger partial charge in [0, 0.05) is 51.4 Å². The third-order valence-electron chi connectivity index (χ3n) is 2.78. The number of carbonyl (C=O) groups is 4. The first-order valence-electron chi connectivity index (χ1n) is 6.37. The molecule has 0 spiro atoms.